The van der Waals surface area contributed by atoms with Crippen molar-refractivity contribution in [1.29, 1.82) is 0 Å². The predicted molar refractivity (Wildman–Crippen MR) is 51.2 cm³/mol. The van der Waals surface area contributed by atoms with E-state index in [4.69, 9.17) is 4.74 Å². The highest BCUT2D eigenvalue weighted by molar-refractivity contribution is 5.81. The Balaban J connectivity index is 2.26. The molecule has 2 unspecified atom stereocenters. The molecule has 0 aliphatic carbocycles. The highest BCUT2D eigenvalue weighted by Crippen LogP contribution is 2.21. The van der Waals surface area contributed by atoms with E-state index in [1.807, 2.05) is 6.92 Å². The maximum atomic E-state index is 11.5. The number of ketones is 1. The molecule has 2 atom stereocenters. The zero-order valence-electron chi connectivity index (χ0n) is 8.30. The summed E-state index contributed by atoms with van der Waals surface area (Å²) in [7, 11) is 0. The molecule has 1 saturated heterocycles. The Labute approximate surface area is 79.7 Å². The van der Waals surface area contributed by atoms with Gasteiger partial charge in [-0.1, -0.05) is 0 Å². The van der Waals surface area contributed by atoms with E-state index in [1.165, 1.54) is 0 Å². The van der Waals surface area contributed by atoms with Crippen molar-refractivity contribution >= 4 is 5.78 Å². The number of carbonyl (C=O) groups excluding carboxylic acids is 1. The highest BCUT2D eigenvalue weighted by atomic mass is 16.5. The van der Waals surface area contributed by atoms with Gasteiger partial charge in [-0.05, 0) is 20.3 Å². The second-order valence-corrected chi connectivity index (χ2v) is 3.47. The Bertz CT molecular complexity index is 234. The molecular formula is C11H16O2. The predicted octanol–water partition coefficient (Wildman–Crippen LogP) is 1.78. The lowest BCUT2D eigenvalue weighted by Crippen LogP contribution is -2.13. The quantitative estimate of drug-likeness (QED) is 0.619. The molecule has 2 nitrogen and oxygen atoms in total. The summed E-state index contributed by atoms with van der Waals surface area (Å²) in [6.45, 7) is 4.42. The van der Waals surface area contributed by atoms with Crippen molar-refractivity contribution in [2.24, 2.45) is 5.92 Å². The van der Waals surface area contributed by atoms with Gasteiger partial charge in [0.1, 0.15) is 5.78 Å². The summed E-state index contributed by atoms with van der Waals surface area (Å²) in [6, 6.07) is 0. The summed E-state index contributed by atoms with van der Waals surface area (Å²) >= 11 is 0. The highest BCUT2D eigenvalue weighted by Gasteiger charge is 2.27. The fraction of sp³-hybridized carbons (Fsp3) is 0.727. The number of Topliss-reactive ketones (excluding diaryl/α,β-unsaturated/α-hetero) is 1. The minimum Gasteiger partial charge on any atom is -0.378 e. The van der Waals surface area contributed by atoms with Crippen LogP contribution in [0.3, 0.4) is 0 Å². The molecule has 1 aliphatic heterocycles. The van der Waals surface area contributed by atoms with Crippen LogP contribution in [0.25, 0.3) is 0 Å². The van der Waals surface area contributed by atoms with Crippen molar-refractivity contribution in [3.8, 4) is 11.8 Å². The SMILES string of the molecule is CC#CCCC(=O)C1COC(C)C1. The summed E-state index contributed by atoms with van der Waals surface area (Å²) in [4.78, 5) is 11.5. The molecule has 1 heterocycles. The molecule has 1 aliphatic rings. The summed E-state index contributed by atoms with van der Waals surface area (Å²) < 4.78 is 5.34. The van der Waals surface area contributed by atoms with Crippen LogP contribution in [0.15, 0.2) is 0 Å². The van der Waals surface area contributed by atoms with Gasteiger partial charge >= 0.3 is 0 Å². The first-order chi connectivity index (χ1) is 6.24. The van der Waals surface area contributed by atoms with Crippen molar-refractivity contribution in [3.63, 3.8) is 0 Å². The van der Waals surface area contributed by atoms with E-state index in [-0.39, 0.29) is 12.0 Å². The van der Waals surface area contributed by atoms with Crippen LogP contribution in [-0.4, -0.2) is 18.5 Å². The number of ether oxygens (including phenoxy) is 1. The first-order valence-corrected chi connectivity index (χ1v) is 4.78. The van der Waals surface area contributed by atoms with Crippen LogP contribution >= 0.6 is 0 Å². The lowest BCUT2D eigenvalue weighted by Gasteiger charge is -2.03. The molecule has 1 fully saturated rings. The van der Waals surface area contributed by atoms with Gasteiger partial charge in [0, 0.05) is 18.8 Å². The van der Waals surface area contributed by atoms with Crippen LogP contribution < -0.4 is 0 Å². The summed E-state index contributed by atoms with van der Waals surface area (Å²) in [5.74, 6) is 6.14. The number of carbonyl (C=O) groups is 1. The van der Waals surface area contributed by atoms with E-state index in [9.17, 15) is 4.79 Å². The summed E-state index contributed by atoms with van der Waals surface area (Å²) in [5, 5.41) is 0. The van der Waals surface area contributed by atoms with Crippen molar-refractivity contribution in [3.05, 3.63) is 0 Å². The van der Waals surface area contributed by atoms with Gasteiger partial charge in [-0.25, -0.2) is 0 Å². The van der Waals surface area contributed by atoms with Crippen molar-refractivity contribution < 1.29 is 9.53 Å². The van der Waals surface area contributed by atoms with E-state index in [1.54, 1.807) is 6.92 Å². The molecule has 1 rings (SSSR count). The molecule has 72 valence electrons. The van der Waals surface area contributed by atoms with Gasteiger partial charge in [0.15, 0.2) is 0 Å². The van der Waals surface area contributed by atoms with Crippen LogP contribution in [-0.2, 0) is 9.53 Å². The van der Waals surface area contributed by atoms with Crippen molar-refractivity contribution in [1.82, 2.24) is 0 Å². The van der Waals surface area contributed by atoms with Gasteiger partial charge in [0.25, 0.3) is 0 Å². The maximum Gasteiger partial charge on any atom is 0.139 e. The molecule has 0 saturated carbocycles. The van der Waals surface area contributed by atoms with Gasteiger partial charge in [-0.15, -0.1) is 11.8 Å². The number of hydrogen-bond acceptors (Lipinski definition) is 2. The Hall–Kier alpha value is -0.810. The average Bonchev–Trinajstić information content (AvgIpc) is 2.52. The van der Waals surface area contributed by atoms with Crippen LogP contribution in [0.1, 0.15) is 33.1 Å². The molecule has 0 N–H and O–H groups in total. The minimum atomic E-state index is 0.133. The molecule has 0 spiro atoms. The van der Waals surface area contributed by atoms with Gasteiger partial charge in [0.2, 0.25) is 0 Å². The fourth-order valence-corrected chi connectivity index (χ4v) is 1.56. The molecule has 0 bridgehead atoms. The molecule has 2 heteroatoms. The van der Waals surface area contributed by atoms with Crippen molar-refractivity contribution in [2.45, 2.75) is 39.2 Å². The van der Waals surface area contributed by atoms with Gasteiger partial charge in [0.05, 0.1) is 12.7 Å². The Morgan fingerprint density at radius 2 is 2.38 bits per heavy atom. The van der Waals surface area contributed by atoms with E-state index in [0.717, 1.165) is 6.42 Å². The van der Waals surface area contributed by atoms with Crippen LogP contribution in [0.2, 0.25) is 0 Å². The largest absolute Gasteiger partial charge is 0.378 e. The minimum absolute atomic E-state index is 0.133. The third-order valence-electron chi connectivity index (χ3n) is 2.33. The summed E-state index contributed by atoms with van der Waals surface area (Å²) in [5.41, 5.74) is 0. The standard InChI is InChI=1S/C11H16O2/c1-3-4-5-6-11(12)10-7-9(2)13-8-10/h9-10H,5-8H2,1-2H3. The molecular weight excluding hydrogens is 164 g/mol. The maximum absolute atomic E-state index is 11.5. The monoisotopic (exact) mass is 180 g/mol. The molecule has 13 heavy (non-hydrogen) atoms. The van der Waals surface area contributed by atoms with E-state index in [0.29, 0.717) is 25.2 Å². The Morgan fingerprint density at radius 3 is 2.92 bits per heavy atom. The normalized spacial score (nSPS) is 26.6. The molecule has 0 amide bonds. The van der Waals surface area contributed by atoms with Gasteiger partial charge in [-0.2, -0.15) is 0 Å². The zero-order valence-corrected chi connectivity index (χ0v) is 8.30. The van der Waals surface area contributed by atoms with E-state index in [2.05, 4.69) is 11.8 Å². The number of hydrogen-bond donors (Lipinski definition) is 0. The molecule has 0 aromatic carbocycles. The third-order valence-corrected chi connectivity index (χ3v) is 2.33. The Kier molecular flexibility index (Phi) is 3.98. The average molecular weight is 180 g/mol. The van der Waals surface area contributed by atoms with E-state index < -0.39 is 0 Å². The van der Waals surface area contributed by atoms with Crippen LogP contribution in [0.5, 0.6) is 0 Å². The first-order valence-electron chi connectivity index (χ1n) is 4.78. The van der Waals surface area contributed by atoms with Gasteiger partial charge in [-0.3, -0.25) is 4.79 Å². The topological polar surface area (TPSA) is 26.3 Å². The Morgan fingerprint density at radius 1 is 1.62 bits per heavy atom. The molecule has 0 radical (unpaired) electrons. The number of rotatable bonds is 3. The zero-order chi connectivity index (χ0) is 9.68. The lowest BCUT2D eigenvalue weighted by atomic mass is 9.98. The van der Waals surface area contributed by atoms with Gasteiger partial charge < -0.3 is 4.74 Å². The third kappa shape index (κ3) is 3.20. The van der Waals surface area contributed by atoms with Crippen LogP contribution in [0, 0.1) is 17.8 Å². The smallest absolute Gasteiger partial charge is 0.139 e. The molecule has 0 aromatic heterocycles. The fourth-order valence-electron chi connectivity index (χ4n) is 1.56. The molecule has 0 aromatic rings. The first kappa shape index (κ1) is 10.3. The van der Waals surface area contributed by atoms with Crippen LogP contribution in [0.4, 0.5) is 0 Å². The van der Waals surface area contributed by atoms with E-state index >= 15 is 0 Å². The lowest BCUT2D eigenvalue weighted by molar-refractivity contribution is -0.122. The summed E-state index contributed by atoms with van der Waals surface area (Å²) in [6.07, 6.45) is 2.42. The van der Waals surface area contributed by atoms with Crippen molar-refractivity contribution in [2.75, 3.05) is 6.61 Å². The second-order valence-electron chi connectivity index (χ2n) is 3.47. The second kappa shape index (κ2) is 5.04.